The van der Waals surface area contributed by atoms with Gasteiger partial charge in [0.15, 0.2) is 0 Å². The first kappa shape index (κ1) is 84.9. The molecule has 0 unspecified atom stereocenters. The summed E-state index contributed by atoms with van der Waals surface area (Å²) in [5.74, 6) is -12.3. The van der Waals surface area contributed by atoms with Crippen LogP contribution in [0.5, 0.6) is 0 Å². The van der Waals surface area contributed by atoms with Crippen LogP contribution in [-0.4, -0.2) is 239 Å². The van der Waals surface area contributed by atoms with Crippen LogP contribution in [0.2, 0.25) is 0 Å². The molecule has 10 amide bonds. The summed E-state index contributed by atoms with van der Waals surface area (Å²) in [7, 11) is 7.21. The van der Waals surface area contributed by atoms with Crippen LogP contribution in [0.25, 0.3) is 21.9 Å². The smallest absolute Gasteiger partial charge is 0.303 e. The number of aryl methyl sites for hydroxylation is 4. The topological polar surface area (TPSA) is 466 Å². The van der Waals surface area contributed by atoms with Crippen LogP contribution < -0.4 is 53.2 Å². The van der Waals surface area contributed by atoms with Gasteiger partial charge in [-0.25, -0.2) is 0 Å². The fourth-order valence-corrected chi connectivity index (χ4v) is 10.6. The van der Waals surface area contributed by atoms with Crippen LogP contribution in [0.15, 0.2) is 28.7 Å². The number of amides is 10. The molecule has 0 fully saturated rings. The number of carbonyl (C=O) groups excluding carboxylic acids is 10. The zero-order chi connectivity index (χ0) is 75.0. The van der Waals surface area contributed by atoms with Gasteiger partial charge in [-0.2, -0.15) is 0 Å². The number of carbonyl (C=O) groups is 12. The molecule has 554 valence electrons. The molecule has 16 N–H and O–H groups in total. The summed E-state index contributed by atoms with van der Waals surface area (Å²) < 4.78 is 6.45. The maximum Gasteiger partial charge on any atom is 0.303 e. The number of fused-ring (bicyclic) bond motifs is 3. The third-order valence-corrected chi connectivity index (χ3v) is 16.4. The van der Waals surface area contributed by atoms with Crippen molar-refractivity contribution < 1.29 is 92.6 Å². The van der Waals surface area contributed by atoms with Gasteiger partial charge in [0.2, 0.25) is 59.1 Å². The lowest BCUT2D eigenvalue weighted by molar-refractivity contribution is -0.138. The Morgan fingerprint density at radius 2 is 0.606 bits per heavy atom. The molecule has 31 heteroatoms. The van der Waals surface area contributed by atoms with Gasteiger partial charge in [-0.15, -0.1) is 0 Å². The Balaban J connectivity index is 1.89. The van der Waals surface area contributed by atoms with Crippen LogP contribution in [0.4, 0.5) is 0 Å². The Labute approximate surface area is 578 Å². The molecule has 0 saturated carbocycles. The molecule has 0 radical (unpaired) electrons. The first-order chi connectivity index (χ1) is 46.1. The Morgan fingerprint density at radius 1 is 0.354 bits per heavy atom. The van der Waals surface area contributed by atoms with E-state index in [9.17, 15) is 88.2 Å². The summed E-state index contributed by atoms with van der Waals surface area (Å²) in [6.45, 7) is 19.5. The third-order valence-electron chi connectivity index (χ3n) is 16.4. The lowest BCUT2D eigenvalue weighted by Crippen LogP contribution is -2.62. The quantitative estimate of drug-likeness (QED) is 0.0319. The van der Waals surface area contributed by atoms with Crippen molar-refractivity contribution in [3.05, 3.63) is 46.5 Å². The number of rotatable bonds is 42. The van der Waals surface area contributed by atoms with Gasteiger partial charge in [0.05, 0.1) is 24.4 Å². The van der Waals surface area contributed by atoms with E-state index < -0.39 is 167 Å². The number of likely N-dealkylation sites (N-methyl/N-ethyl adjacent to an activating group) is 2. The van der Waals surface area contributed by atoms with Gasteiger partial charge in [-0.3, -0.25) is 57.5 Å². The Morgan fingerprint density at radius 3 is 0.859 bits per heavy atom. The molecule has 0 aliphatic carbocycles. The van der Waals surface area contributed by atoms with Gasteiger partial charge in [-0.1, -0.05) is 67.5 Å². The van der Waals surface area contributed by atoms with Gasteiger partial charge in [0, 0.05) is 62.6 Å². The van der Waals surface area contributed by atoms with Gasteiger partial charge in [-0.05, 0) is 140 Å². The summed E-state index contributed by atoms with van der Waals surface area (Å²) in [6.07, 6.45) is -6.76. The number of hydrogen-bond acceptors (Lipinski definition) is 19. The number of hydrogen-bond donors (Lipinski definition) is 16. The van der Waals surface area contributed by atoms with E-state index in [-0.39, 0.29) is 64.5 Å². The SMILES string of the molecule is CC(C)[C@H](NC(=O)CCc1cc(CCC(=O)O)c2oc3c(CCC(=O)O)cc(CCC(=O)N[C@H](C(=O)N[C@H](C(=O)N[C@H](C(=O)N[C@H](C(=O)NCCN(C)C)[C@@H](C)O)C(C)C)[C@@H](C)O)C(C)C)cc3c2c1)C(=O)N[C@H](C(=O)N[C@H](C(=O)N[C@H](C(=O)NCCN(C)C)[C@@H](C)O)C(C)C)[C@@H](C)O. The number of furan rings is 1. The largest absolute Gasteiger partial charge is 0.481 e. The number of aliphatic hydroxyl groups excluding tert-OH is 4. The van der Waals surface area contributed by atoms with Crippen LogP contribution >= 0.6 is 0 Å². The number of benzene rings is 2. The average Bonchev–Trinajstić information content (AvgIpc) is 1.61. The molecule has 31 nitrogen and oxygen atoms in total. The van der Waals surface area contributed by atoms with E-state index in [1.165, 1.54) is 27.7 Å². The predicted molar refractivity (Wildman–Crippen MR) is 367 cm³/mol. The molecule has 0 aliphatic rings. The van der Waals surface area contributed by atoms with Gasteiger partial charge in [0.1, 0.15) is 59.5 Å². The van der Waals surface area contributed by atoms with E-state index in [4.69, 9.17) is 4.42 Å². The second-order valence-corrected chi connectivity index (χ2v) is 27.3. The summed E-state index contributed by atoms with van der Waals surface area (Å²) in [5.41, 5.74) is 2.57. The van der Waals surface area contributed by atoms with Crippen LogP contribution in [0.1, 0.15) is 131 Å². The third kappa shape index (κ3) is 27.0. The fraction of sp³-hybridized carbons (Fsp3) is 0.647. The highest BCUT2D eigenvalue weighted by Gasteiger charge is 2.39. The van der Waals surface area contributed by atoms with Gasteiger partial charge >= 0.3 is 11.9 Å². The van der Waals surface area contributed by atoms with Gasteiger partial charge < -0.3 is 98.0 Å². The molecule has 2 aromatic carbocycles. The lowest BCUT2D eigenvalue weighted by atomic mass is 9.95. The second-order valence-electron chi connectivity index (χ2n) is 27.3. The maximum absolute atomic E-state index is 14.0. The first-order valence-electron chi connectivity index (χ1n) is 33.6. The van der Waals surface area contributed by atoms with Crippen LogP contribution in [0.3, 0.4) is 0 Å². The van der Waals surface area contributed by atoms with Crippen molar-refractivity contribution in [1.29, 1.82) is 0 Å². The van der Waals surface area contributed by atoms with E-state index in [2.05, 4.69) is 53.2 Å². The summed E-state index contributed by atoms with van der Waals surface area (Å²) in [6, 6.07) is -4.33. The number of nitrogens with one attached hydrogen (secondary N) is 10. The molecule has 0 aliphatic heterocycles. The molecule has 0 saturated heterocycles. The Kier molecular flexibility index (Phi) is 34.3. The van der Waals surface area contributed by atoms with Crippen LogP contribution in [-0.2, 0) is 83.2 Å². The normalized spacial score (nSPS) is 15.4. The highest BCUT2D eigenvalue weighted by atomic mass is 16.4. The molecule has 3 aromatic rings. The highest BCUT2D eigenvalue weighted by molar-refractivity contribution is 6.08. The van der Waals surface area contributed by atoms with Crippen molar-refractivity contribution in [2.24, 2.45) is 23.7 Å². The van der Waals surface area contributed by atoms with Gasteiger partial charge in [0.25, 0.3) is 0 Å². The zero-order valence-electron chi connectivity index (χ0n) is 59.9. The average molecular weight is 1400 g/mol. The minimum atomic E-state index is -1.64. The van der Waals surface area contributed by atoms with Crippen molar-refractivity contribution in [3.63, 3.8) is 0 Å². The first-order valence-corrected chi connectivity index (χ1v) is 33.6. The molecule has 12 atom stereocenters. The number of aliphatic carboxylic acids is 2. The maximum atomic E-state index is 14.0. The fourth-order valence-electron chi connectivity index (χ4n) is 10.6. The molecular formula is C68H108N12O19. The zero-order valence-corrected chi connectivity index (χ0v) is 59.9. The lowest BCUT2D eigenvalue weighted by Gasteiger charge is -2.30. The second kappa shape index (κ2) is 40.0. The molecule has 0 bridgehead atoms. The van der Waals surface area contributed by atoms with Crippen molar-refractivity contribution in [2.75, 3.05) is 54.4 Å². The molecule has 1 heterocycles. The van der Waals surface area contributed by atoms with Crippen molar-refractivity contribution in [3.8, 4) is 0 Å². The van der Waals surface area contributed by atoms with Crippen molar-refractivity contribution >= 4 is 92.9 Å². The molecule has 0 spiro atoms. The minimum absolute atomic E-state index is 0.0244. The molecule has 99 heavy (non-hydrogen) atoms. The van der Waals surface area contributed by atoms with E-state index in [0.29, 0.717) is 57.3 Å². The molecular weight excluding hydrogens is 1290 g/mol. The van der Waals surface area contributed by atoms with E-state index in [1.807, 2.05) is 9.80 Å². The Hall–Kier alpha value is -8.36. The number of carboxylic acid groups (broad SMARTS) is 2. The summed E-state index contributed by atoms with van der Waals surface area (Å²) >= 11 is 0. The van der Waals surface area contributed by atoms with Crippen molar-refractivity contribution in [1.82, 2.24) is 63.0 Å². The van der Waals surface area contributed by atoms with E-state index >= 15 is 0 Å². The Bertz CT molecular complexity index is 3080. The molecule has 3 rings (SSSR count). The van der Waals surface area contributed by atoms with E-state index in [1.54, 1.807) is 108 Å². The highest BCUT2D eigenvalue weighted by Crippen LogP contribution is 2.37. The monoisotopic (exact) mass is 1400 g/mol. The summed E-state index contributed by atoms with van der Waals surface area (Å²) in [4.78, 5) is 164. The number of aliphatic hydroxyl groups is 4. The van der Waals surface area contributed by atoms with Crippen LogP contribution in [0, 0.1) is 23.7 Å². The number of nitrogens with zero attached hydrogens (tertiary/aromatic N) is 2. The standard InChI is InChI=1S/C68H108N12O19/c1-33(2)51(63(93)77-57(39(11)83)67(97)73-53(35(5)6)65(95)75-55(37(9)81)61(91)69-25-27-79(13)14)71-47(85)21-17-41-29-43(19-23-49(87)88)59-45(31-41)46-32-42(30-44(60(46)99-59)20-24-50(89)90)18-22-48(86)72-52(34(3)4)64(94)78-58(40(12)84)68(98)74-54(36(7)8)66(96)76-56(38(10)82)62(92)70-26-28-80(15)16/h29-40,51-58,81-84H,17-28H2,1-16H3,(H,69,91)(H,70,92)(H,71,85)(H,72,86)(H,73,97)(H,74,98)(H,75,95)(H,76,96)(H,77,93)(H,78,94)(H,87,88)(H,89,90)/t37-,38-,39-,40-,51+,52+,53+,54+,55+,56+,57+,58+/m1/s1. The minimum Gasteiger partial charge on any atom is -0.481 e. The summed E-state index contributed by atoms with van der Waals surface area (Å²) in [5, 5.41) is 88.7. The van der Waals surface area contributed by atoms with Crippen molar-refractivity contribution in [2.45, 2.75) is 207 Å². The van der Waals surface area contributed by atoms with E-state index in [0.717, 1.165) is 0 Å². The molecule has 1 aromatic heterocycles. The predicted octanol–water partition coefficient (Wildman–Crippen LogP) is -1.13. The number of carboxylic acids is 2.